The molecule has 18 heavy (non-hydrogen) atoms. The number of benzene rings is 2. The summed E-state index contributed by atoms with van der Waals surface area (Å²) in [5, 5.41) is 10.8. The Labute approximate surface area is 106 Å². The molecule has 1 amide bonds. The molecule has 0 radical (unpaired) electrons. The van der Waals surface area contributed by atoms with Gasteiger partial charge in [0.2, 0.25) is 0 Å². The van der Waals surface area contributed by atoms with E-state index in [4.69, 9.17) is 0 Å². The first-order chi connectivity index (χ1) is 8.68. The maximum Gasteiger partial charge on any atom is 0.136 e. The average Bonchev–Trinajstić information content (AvgIpc) is 2.40. The smallest absolute Gasteiger partial charge is 0.136 e. The molecule has 3 heteroatoms. The standard InChI is InChI=1S/C15H15NO2/c1-16(15(17)18)11-13-9-5-6-10-14(13)12-7-3-2-4-8-12/h2-10H,11H2,1H3,(H,17,18)/p-1. The maximum absolute atomic E-state index is 10.8. The van der Waals surface area contributed by atoms with Crippen molar-refractivity contribution in [3.05, 3.63) is 60.2 Å². The minimum Gasteiger partial charge on any atom is -0.530 e. The summed E-state index contributed by atoms with van der Waals surface area (Å²) >= 11 is 0. The number of nitrogens with zero attached hydrogens (tertiary/aromatic N) is 1. The molecule has 0 unspecified atom stereocenters. The van der Waals surface area contributed by atoms with Gasteiger partial charge in [-0.15, -0.1) is 0 Å². The molecule has 0 aromatic heterocycles. The zero-order chi connectivity index (χ0) is 13.0. The van der Waals surface area contributed by atoms with Crippen molar-refractivity contribution >= 4 is 6.09 Å². The van der Waals surface area contributed by atoms with Crippen LogP contribution in [0.25, 0.3) is 11.1 Å². The quantitative estimate of drug-likeness (QED) is 0.824. The van der Waals surface area contributed by atoms with Gasteiger partial charge in [0.25, 0.3) is 0 Å². The first kappa shape index (κ1) is 12.2. The molecule has 2 rings (SSSR count). The second-order valence-electron chi connectivity index (χ2n) is 4.15. The van der Waals surface area contributed by atoms with Gasteiger partial charge in [-0.1, -0.05) is 54.6 Å². The van der Waals surface area contributed by atoms with Crippen molar-refractivity contribution in [2.45, 2.75) is 6.54 Å². The molecule has 0 atom stereocenters. The van der Waals surface area contributed by atoms with E-state index in [1.165, 1.54) is 11.9 Å². The molecule has 0 heterocycles. The van der Waals surface area contributed by atoms with Crippen LogP contribution in [0.1, 0.15) is 5.56 Å². The third kappa shape index (κ3) is 2.69. The monoisotopic (exact) mass is 240 g/mol. The summed E-state index contributed by atoms with van der Waals surface area (Å²) in [4.78, 5) is 11.9. The summed E-state index contributed by atoms with van der Waals surface area (Å²) in [6, 6.07) is 17.7. The van der Waals surface area contributed by atoms with E-state index in [0.717, 1.165) is 16.7 Å². The third-order valence-corrected chi connectivity index (χ3v) is 2.82. The largest absolute Gasteiger partial charge is 0.530 e. The van der Waals surface area contributed by atoms with Crippen molar-refractivity contribution in [2.24, 2.45) is 0 Å². The maximum atomic E-state index is 10.8. The van der Waals surface area contributed by atoms with Crippen LogP contribution in [0, 0.1) is 0 Å². The van der Waals surface area contributed by atoms with Crippen LogP contribution >= 0.6 is 0 Å². The molecule has 2 aromatic rings. The van der Waals surface area contributed by atoms with Gasteiger partial charge in [-0.2, -0.15) is 0 Å². The predicted octanol–water partition coefficient (Wildman–Crippen LogP) is 2.13. The van der Waals surface area contributed by atoms with Crippen LogP contribution in [0.3, 0.4) is 0 Å². The Hall–Kier alpha value is -2.29. The van der Waals surface area contributed by atoms with Gasteiger partial charge in [-0.05, 0) is 16.7 Å². The second kappa shape index (κ2) is 5.36. The van der Waals surface area contributed by atoms with Crippen molar-refractivity contribution in [3.8, 4) is 11.1 Å². The van der Waals surface area contributed by atoms with Crippen molar-refractivity contribution in [3.63, 3.8) is 0 Å². The van der Waals surface area contributed by atoms with E-state index in [0.29, 0.717) is 6.54 Å². The van der Waals surface area contributed by atoms with Crippen molar-refractivity contribution < 1.29 is 9.90 Å². The van der Waals surface area contributed by atoms with Crippen LogP contribution in [0.4, 0.5) is 4.79 Å². The fourth-order valence-electron chi connectivity index (χ4n) is 1.88. The third-order valence-electron chi connectivity index (χ3n) is 2.82. The number of carbonyl (C=O) groups excluding carboxylic acids is 1. The Bertz CT molecular complexity index is 537. The summed E-state index contributed by atoms with van der Waals surface area (Å²) < 4.78 is 0. The number of amides is 1. The molecule has 0 bridgehead atoms. The molecule has 0 aliphatic carbocycles. The van der Waals surface area contributed by atoms with Gasteiger partial charge in [-0.25, -0.2) is 0 Å². The molecule has 0 spiro atoms. The predicted molar refractivity (Wildman–Crippen MR) is 68.7 cm³/mol. The van der Waals surface area contributed by atoms with E-state index in [9.17, 15) is 9.90 Å². The first-order valence-corrected chi connectivity index (χ1v) is 5.74. The summed E-state index contributed by atoms with van der Waals surface area (Å²) in [5.74, 6) is 0. The number of hydrogen-bond donors (Lipinski definition) is 0. The summed E-state index contributed by atoms with van der Waals surface area (Å²) in [7, 11) is 1.51. The summed E-state index contributed by atoms with van der Waals surface area (Å²) in [6.45, 7) is 0.327. The van der Waals surface area contributed by atoms with Gasteiger partial charge in [-0.3, -0.25) is 0 Å². The molecule has 92 valence electrons. The molecule has 0 aliphatic heterocycles. The number of carboxylic acid groups (broad SMARTS) is 1. The van der Waals surface area contributed by atoms with Gasteiger partial charge in [0.15, 0.2) is 0 Å². The van der Waals surface area contributed by atoms with Gasteiger partial charge in [0.05, 0.1) is 0 Å². The minimum atomic E-state index is -1.17. The normalized spacial score (nSPS) is 10.1. The van der Waals surface area contributed by atoms with E-state index >= 15 is 0 Å². The van der Waals surface area contributed by atoms with Crippen LogP contribution in [0.2, 0.25) is 0 Å². The lowest BCUT2D eigenvalue weighted by Gasteiger charge is -2.21. The molecule has 0 fully saturated rings. The lowest BCUT2D eigenvalue weighted by molar-refractivity contribution is -0.264. The first-order valence-electron chi connectivity index (χ1n) is 5.74. The Balaban J connectivity index is 2.35. The van der Waals surface area contributed by atoms with Crippen LogP contribution < -0.4 is 5.11 Å². The highest BCUT2D eigenvalue weighted by Crippen LogP contribution is 2.24. The zero-order valence-electron chi connectivity index (χ0n) is 10.2. The fraction of sp³-hybridized carbons (Fsp3) is 0.133. The van der Waals surface area contributed by atoms with Gasteiger partial charge < -0.3 is 14.8 Å². The van der Waals surface area contributed by atoms with Gasteiger partial charge in [0, 0.05) is 13.6 Å². The van der Waals surface area contributed by atoms with Crippen LogP contribution in [-0.4, -0.2) is 18.0 Å². The number of rotatable bonds is 3. The van der Waals surface area contributed by atoms with Gasteiger partial charge >= 0.3 is 0 Å². The number of hydrogen-bond acceptors (Lipinski definition) is 2. The van der Waals surface area contributed by atoms with E-state index in [1.54, 1.807) is 0 Å². The second-order valence-corrected chi connectivity index (χ2v) is 4.15. The van der Waals surface area contributed by atoms with Crippen molar-refractivity contribution in [1.29, 1.82) is 0 Å². The number of carbonyl (C=O) groups is 1. The highest BCUT2D eigenvalue weighted by atomic mass is 16.4. The average molecular weight is 240 g/mol. The summed E-state index contributed by atoms with van der Waals surface area (Å²) in [6.07, 6.45) is -1.17. The van der Waals surface area contributed by atoms with Crippen molar-refractivity contribution in [2.75, 3.05) is 7.05 Å². The Morgan fingerprint density at radius 2 is 1.67 bits per heavy atom. The molecule has 0 saturated carbocycles. The molecule has 3 nitrogen and oxygen atoms in total. The highest BCUT2D eigenvalue weighted by Gasteiger charge is 2.06. The topological polar surface area (TPSA) is 43.4 Å². The Morgan fingerprint density at radius 1 is 1.06 bits per heavy atom. The Kier molecular flexibility index (Phi) is 3.63. The fourth-order valence-corrected chi connectivity index (χ4v) is 1.88. The van der Waals surface area contributed by atoms with E-state index < -0.39 is 6.09 Å². The van der Waals surface area contributed by atoms with Gasteiger partial charge in [0.1, 0.15) is 6.09 Å². The molecule has 0 saturated heterocycles. The Morgan fingerprint density at radius 3 is 2.33 bits per heavy atom. The molecular weight excluding hydrogens is 226 g/mol. The van der Waals surface area contributed by atoms with E-state index in [-0.39, 0.29) is 0 Å². The molecule has 0 aliphatic rings. The lowest BCUT2D eigenvalue weighted by atomic mass is 9.99. The molecule has 0 N–H and O–H groups in total. The highest BCUT2D eigenvalue weighted by molar-refractivity contribution is 5.68. The minimum absolute atomic E-state index is 0.327. The van der Waals surface area contributed by atoms with Crippen LogP contribution in [-0.2, 0) is 6.54 Å². The molecule has 2 aromatic carbocycles. The lowest BCUT2D eigenvalue weighted by Crippen LogP contribution is -2.37. The summed E-state index contributed by atoms with van der Waals surface area (Å²) in [5.41, 5.74) is 3.10. The van der Waals surface area contributed by atoms with E-state index in [2.05, 4.69) is 0 Å². The van der Waals surface area contributed by atoms with E-state index in [1.807, 2.05) is 54.6 Å². The van der Waals surface area contributed by atoms with Crippen LogP contribution in [0.5, 0.6) is 0 Å². The SMILES string of the molecule is CN(Cc1ccccc1-c1ccccc1)C(=O)[O-]. The van der Waals surface area contributed by atoms with Crippen molar-refractivity contribution in [1.82, 2.24) is 4.90 Å². The molecular formula is C15H14NO2-. The van der Waals surface area contributed by atoms with Crippen LogP contribution in [0.15, 0.2) is 54.6 Å². The zero-order valence-corrected chi connectivity index (χ0v) is 10.2.